The zero-order chi connectivity index (χ0) is 6.15. The molecule has 0 unspecified atom stereocenters. The number of hydrogen-bond donors (Lipinski definition) is 1. The van der Waals surface area contributed by atoms with Crippen molar-refractivity contribution in [3.8, 4) is 0 Å². The third kappa shape index (κ3) is 0.968. The highest BCUT2D eigenvalue weighted by molar-refractivity contribution is 7.99. The topological polar surface area (TPSA) is 37.3 Å². The average molecular weight is 132 g/mol. The minimum atomic E-state index is -0.635. The van der Waals surface area contributed by atoms with Crippen molar-refractivity contribution in [3.05, 3.63) is 0 Å². The quantitative estimate of drug-likeness (QED) is 0.604. The lowest BCUT2D eigenvalue weighted by Gasteiger charge is -1.85. The van der Waals surface area contributed by atoms with Crippen LogP contribution in [0.4, 0.5) is 0 Å². The van der Waals surface area contributed by atoms with Crippen molar-refractivity contribution < 1.29 is 9.90 Å². The normalized spacial score (nSPS) is 34.6. The first-order valence-corrected chi connectivity index (χ1v) is 3.80. The van der Waals surface area contributed by atoms with E-state index in [1.54, 1.807) is 11.8 Å². The van der Waals surface area contributed by atoms with E-state index in [0.29, 0.717) is 5.25 Å². The molecule has 0 heterocycles. The number of rotatable bonds is 2. The van der Waals surface area contributed by atoms with Gasteiger partial charge in [0.1, 0.15) is 0 Å². The van der Waals surface area contributed by atoms with Crippen LogP contribution in [0.5, 0.6) is 0 Å². The van der Waals surface area contributed by atoms with Gasteiger partial charge in [-0.05, 0) is 12.7 Å². The van der Waals surface area contributed by atoms with Crippen molar-refractivity contribution in [2.24, 2.45) is 5.92 Å². The van der Waals surface area contributed by atoms with E-state index in [9.17, 15) is 4.79 Å². The third-order valence-corrected chi connectivity index (χ3v) is 2.48. The number of carbonyl (C=O) groups is 1. The molecule has 0 aromatic carbocycles. The molecule has 0 amide bonds. The van der Waals surface area contributed by atoms with Crippen molar-refractivity contribution in [2.75, 3.05) is 6.26 Å². The highest BCUT2D eigenvalue weighted by Gasteiger charge is 2.42. The van der Waals surface area contributed by atoms with Crippen LogP contribution in [-0.2, 0) is 4.79 Å². The van der Waals surface area contributed by atoms with Crippen molar-refractivity contribution in [1.29, 1.82) is 0 Å². The third-order valence-electron chi connectivity index (χ3n) is 1.35. The molecular formula is C5H8O2S. The highest BCUT2D eigenvalue weighted by atomic mass is 32.2. The molecule has 1 aliphatic rings. The minimum Gasteiger partial charge on any atom is -0.481 e. The first-order chi connectivity index (χ1) is 3.75. The highest BCUT2D eigenvalue weighted by Crippen LogP contribution is 2.40. The Bertz CT molecular complexity index is 113. The van der Waals surface area contributed by atoms with Gasteiger partial charge in [-0.2, -0.15) is 11.8 Å². The summed E-state index contributed by atoms with van der Waals surface area (Å²) < 4.78 is 0. The fourth-order valence-corrected chi connectivity index (χ4v) is 1.54. The Balaban J connectivity index is 2.26. The second-order valence-corrected chi connectivity index (χ2v) is 3.03. The lowest BCUT2D eigenvalue weighted by molar-refractivity contribution is -0.138. The Labute approximate surface area is 52.3 Å². The number of thioether (sulfide) groups is 1. The van der Waals surface area contributed by atoms with Gasteiger partial charge in [0.25, 0.3) is 0 Å². The van der Waals surface area contributed by atoms with E-state index < -0.39 is 5.97 Å². The van der Waals surface area contributed by atoms with E-state index in [1.165, 1.54) is 0 Å². The molecule has 0 aromatic heterocycles. The molecule has 0 radical (unpaired) electrons. The summed E-state index contributed by atoms with van der Waals surface area (Å²) in [7, 11) is 0. The predicted molar refractivity (Wildman–Crippen MR) is 33.0 cm³/mol. The fraction of sp³-hybridized carbons (Fsp3) is 0.800. The summed E-state index contributed by atoms with van der Waals surface area (Å²) in [6, 6.07) is 0. The van der Waals surface area contributed by atoms with E-state index >= 15 is 0 Å². The van der Waals surface area contributed by atoms with Crippen molar-refractivity contribution in [1.82, 2.24) is 0 Å². The standard InChI is InChI=1S/C5H8O2S/c1-8-4-2-3(4)5(6)7/h3-4H,2H2,1H3,(H,6,7)/t3-,4-/m1/s1. The van der Waals surface area contributed by atoms with E-state index in [-0.39, 0.29) is 5.92 Å². The second kappa shape index (κ2) is 1.97. The SMILES string of the molecule is CS[C@@H]1C[C@H]1C(=O)O. The summed E-state index contributed by atoms with van der Waals surface area (Å²) in [5.74, 6) is -0.672. The molecule has 0 saturated heterocycles. The van der Waals surface area contributed by atoms with Gasteiger partial charge in [-0.25, -0.2) is 0 Å². The maximum atomic E-state index is 10.1. The van der Waals surface area contributed by atoms with Gasteiger partial charge in [-0.3, -0.25) is 4.79 Å². The van der Waals surface area contributed by atoms with Crippen LogP contribution in [0.3, 0.4) is 0 Å². The van der Waals surface area contributed by atoms with E-state index in [0.717, 1.165) is 6.42 Å². The molecule has 1 rings (SSSR count). The molecule has 1 fully saturated rings. The summed E-state index contributed by atoms with van der Waals surface area (Å²) >= 11 is 1.65. The molecule has 8 heavy (non-hydrogen) atoms. The molecule has 2 atom stereocenters. The van der Waals surface area contributed by atoms with Gasteiger partial charge in [0.2, 0.25) is 0 Å². The molecule has 1 N–H and O–H groups in total. The van der Waals surface area contributed by atoms with E-state index in [4.69, 9.17) is 5.11 Å². The zero-order valence-electron chi connectivity index (χ0n) is 4.63. The Hall–Kier alpha value is -0.180. The summed E-state index contributed by atoms with van der Waals surface area (Å²) in [6.45, 7) is 0. The average Bonchev–Trinajstić information content (AvgIpc) is 2.42. The summed E-state index contributed by atoms with van der Waals surface area (Å²) in [4.78, 5) is 10.1. The van der Waals surface area contributed by atoms with Crippen LogP contribution < -0.4 is 0 Å². The van der Waals surface area contributed by atoms with Crippen LogP contribution in [0.25, 0.3) is 0 Å². The van der Waals surface area contributed by atoms with Crippen LogP contribution in [-0.4, -0.2) is 22.6 Å². The lowest BCUT2D eigenvalue weighted by Crippen LogP contribution is -1.99. The fourth-order valence-electron chi connectivity index (χ4n) is 0.692. The second-order valence-electron chi connectivity index (χ2n) is 1.95. The lowest BCUT2D eigenvalue weighted by atomic mass is 10.4. The maximum absolute atomic E-state index is 10.1. The summed E-state index contributed by atoms with van der Waals surface area (Å²) in [6.07, 6.45) is 2.82. The Morgan fingerprint density at radius 3 is 2.62 bits per heavy atom. The monoisotopic (exact) mass is 132 g/mol. The van der Waals surface area contributed by atoms with E-state index in [1.807, 2.05) is 6.26 Å². The Morgan fingerprint density at radius 1 is 1.88 bits per heavy atom. The van der Waals surface area contributed by atoms with Gasteiger partial charge in [0.05, 0.1) is 5.92 Å². The Kier molecular flexibility index (Phi) is 1.47. The van der Waals surface area contributed by atoms with Gasteiger partial charge in [0.15, 0.2) is 0 Å². The minimum absolute atomic E-state index is 0.0370. The van der Waals surface area contributed by atoms with Crippen LogP contribution in [0, 0.1) is 5.92 Å². The largest absolute Gasteiger partial charge is 0.481 e. The summed E-state index contributed by atoms with van der Waals surface area (Å²) in [5, 5.41) is 8.75. The Morgan fingerprint density at radius 2 is 2.50 bits per heavy atom. The smallest absolute Gasteiger partial charge is 0.307 e. The van der Waals surface area contributed by atoms with Crippen LogP contribution in [0.1, 0.15) is 6.42 Å². The predicted octanol–water partition coefficient (Wildman–Crippen LogP) is 0.823. The molecular weight excluding hydrogens is 124 g/mol. The molecule has 1 aliphatic carbocycles. The summed E-state index contributed by atoms with van der Waals surface area (Å²) in [5.41, 5.74) is 0. The molecule has 1 saturated carbocycles. The zero-order valence-corrected chi connectivity index (χ0v) is 5.44. The molecule has 3 heteroatoms. The number of hydrogen-bond acceptors (Lipinski definition) is 2. The maximum Gasteiger partial charge on any atom is 0.307 e. The van der Waals surface area contributed by atoms with Crippen LogP contribution in [0.15, 0.2) is 0 Å². The van der Waals surface area contributed by atoms with Gasteiger partial charge in [-0.1, -0.05) is 0 Å². The van der Waals surface area contributed by atoms with Crippen molar-refractivity contribution in [3.63, 3.8) is 0 Å². The first kappa shape index (κ1) is 5.95. The number of aliphatic carboxylic acids is 1. The van der Waals surface area contributed by atoms with Gasteiger partial charge in [-0.15, -0.1) is 0 Å². The molecule has 0 aliphatic heterocycles. The van der Waals surface area contributed by atoms with Gasteiger partial charge in [0, 0.05) is 5.25 Å². The number of carboxylic acid groups (broad SMARTS) is 1. The molecule has 0 spiro atoms. The molecule has 46 valence electrons. The molecule has 0 aromatic rings. The molecule has 0 bridgehead atoms. The van der Waals surface area contributed by atoms with Crippen LogP contribution in [0.2, 0.25) is 0 Å². The number of carboxylic acids is 1. The molecule has 2 nitrogen and oxygen atoms in total. The van der Waals surface area contributed by atoms with Crippen molar-refractivity contribution >= 4 is 17.7 Å². The van der Waals surface area contributed by atoms with Crippen molar-refractivity contribution in [2.45, 2.75) is 11.7 Å². The van der Waals surface area contributed by atoms with Crippen LogP contribution >= 0.6 is 11.8 Å². The van der Waals surface area contributed by atoms with Gasteiger partial charge >= 0.3 is 5.97 Å². The van der Waals surface area contributed by atoms with E-state index in [2.05, 4.69) is 0 Å². The first-order valence-electron chi connectivity index (χ1n) is 2.51. The van der Waals surface area contributed by atoms with Gasteiger partial charge < -0.3 is 5.11 Å².